The summed E-state index contributed by atoms with van der Waals surface area (Å²) in [6, 6.07) is 45.1. The highest BCUT2D eigenvalue weighted by atomic mass is 16.5. The number of esters is 4. The summed E-state index contributed by atoms with van der Waals surface area (Å²) in [5.74, 6) is -1.96. The van der Waals surface area contributed by atoms with Gasteiger partial charge in [-0.05, 0) is 157 Å². The van der Waals surface area contributed by atoms with Crippen molar-refractivity contribution < 1.29 is 66.8 Å². The minimum atomic E-state index is -0.672. The third kappa shape index (κ3) is 14.1. The summed E-state index contributed by atoms with van der Waals surface area (Å²) in [5.41, 5.74) is 11.1. The van der Waals surface area contributed by atoms with Crippen LogP contribution in [0.5, 0.6) is 11.5 Å². The van der Waals surface area contributed by atoms with Crippen molar-refractivity contribution in [3.05, 3.63) is 200 Å². The molecular weight excluding hydrogens is 1150 g/mol. The molecule has 460 valence electrons. The van der Waals surface area contributed by atoms with E-state index < -0.39 is 42.9 Å². The predicted molar refractivity (Wildman–Crippen MR) is 340 cm³/mol. The highest BCUT2D eigenvalue weighted by Gasteiger charge is 2.27. The Morgan fingerprint density at radius 3 is 1.13 bits per heavy atom. The van der Waals surface area contributed by atoms with Crippen LogP contribution in [0.15, 0.2) is 176 Å². The predicted octanol–water partition coefficient (Wildman–Crippen LogP) is 11.1. The number of ether oxygens (including phenoxy) is 4. The lowest BCUT2D eigenvalue weighted by molar-refractivity contribution is -0.145. The van der Waals surface area contributed by atoms with Crippen molar-refractivity contribution in [1.82, 2.24) is 9.80 Å². The molecule has 6 aromatic rings. The highest BCUT2D eigenvalue weighted by molar-refractivity contribution is 6.06. The van der Waals surface area contributed by atoms with E-state index in [1.165, 1.54) is 57.6 Å². The number of nitrogens with zero attached hydrogens (tertiary/aromatic N) is 4. The number of rotatable bonds is 18. The molecule has 0 aromatic heterocycles. The van der Waals surface area contributed by atoms with E-state index >= 15 is 0 Å². The zero-order valence-electron chi connectivity index (χ0n) is 50.7. The van der Waals surface area contributed by atoms with Crippen LogP contribution in [0.25, 0.3) is 66.8 Å². The molecule has 0 spiro atoms. The zero-order valence-corrected chi connectivity index (χ0v) is 50.7. The first-order valence-electron chi connectivity index (χ1n) is 28.3. The molecule has 0 saturated heterocycles. The maximum Gasteiger partial charge on any atom is 0.325 e. The van der Waals surface area contributed by atoms with Crippen LogP contribution >= 0.6 is 0 Å². The molecule has 20 nitrogen and oxygen atoms in total. The van der Waals surface area contributed by atoms with Crippen LogP contribution in [-0.4, -0.2) is 124 Å². The fraction of sp³-hybridized carbons (Fsp3) is 0.200. The number of methoxy groups -OCH3 is 4. The zero-order chi connectivity index (χ0) is 64.5. The van der Waals surface area contributed by atoms with Gasteiger partial charge in [0.15, 0.2) is 10.9 Å². The molecule has 0 atom stereocenters. The van der Waals surface area contributed by atoms with Crippen LogP contribution in [-0.2, 0) is 38.1 Å². The quantitative estimate of drug-likeness (QED) is 0.0460. The molecule has 2 N–H and O–H groups in total. The van der Waals surface area contributed by atoms with E-state index in [9.17, 15) is 48.6 Å². The van der Waals surface area contributed by atoms with Gasteiger partial charge in [-0.2, -0.15) is 0 Å². The van der Waals surface area contributed by atoms with Gasteiger partial charge < -0.3 is 57.6 Å². The second-order valence-corrected chi connectivity index (χ2v) is 21.1. The molecular formula is C70H64N4O16. The normalized spacial score (nSPS) is 10.9. The number of aryl methyl sites for hydroxylation is 2. The van der Waals surface area contributed by atoms with Gasteiger partial charge in [0.2, 0.25) is 0 Å². The second kappa shape index (κ2) is 27.6. The number of carbonyl (C=O) groups excluding carboxylic acids is 6. The molecule has 20 heteroatoms. The lowest BCUT2D eigenvalue weighted by atomic mass is 9.90. The van der Waals surface area contributed by atoms with Gasteiger partial charge in [0.05, 0.1) is 41.3 Å². The third-order valence-corrected chi connectivity index (χ3v) is 15.4. The average Bonchev–Trinajstić information content (AvgIpc) is 0.766. The number of aromatic hydroxyl groups is 2. The molecule has 2 amide bonds. The van der Waals surface area contributed by atoms with E-state index in [1.54, 1.807) is 78.9 Å². The molecule has 0 radical (unpaired) electrons. The van der Waals surface area contributed by atoms with Gasteiger partial charge >= 0.3 is 23.9 Å². The number of benzene rings is 8. The maximum atomic E-state index is 13.6. The summed E-state index contributed by atoms with van der Waals surface area (Å²) in [4.78, 5) is 106. The van der Waals surface area contributed by atoms with Crippen molar-refractivity contribution in [3.8, 4) is 56.4 Å². The Kier molecular flexibility index (Phi) is 19.4. The van der Waals surface area contributed by atoms with E-state index in [2.05, 4.69) is 0 Å². The van der Waals surface area contributed by atoms with Crippen LogP contribution in [0.1, 0.15) is 44.7 Å². The maximum absolute atomic E-state index is 13.6. The molecule has 0 unspecified atom stereocenters. The molecule has 2 aliphatic heterocycles. The van der Waals surface area contributed by atoms with Crippen LogP contribution in [0.4, 0.5) is 22.7 Å². The SMILES string of the molecule is COC(=O)CCN(CCC(=O)OC)C(=O)c1ccc(-c2c3ccc(=O)cc-3oc3cc(N(C)c4ccc(O)cc4)ccc23)c(C)c1.COC(=O)CN(CC(=O)OC)C(=O)c1ccc(-c2c3ccc(=O)cc-3oc3cc(N(C)c4ccc(O)cc4)ccc23)c(C)c1. The number of carbonyl (C=O) groups is 6. The summed E-state index contributed by atoms with van der Waals surface area (Å²) >= 11 is 0. The van der Waals surface area contributed by atoms with Crippen molar-refractivity contribution in [2.24, 2.45) is 0 Å². The Bertz CT molecular complexity index is 4380. The van der Waals surface area contributed by atoms with Crippen LogP contribution < -0.4 is 20.7 Å². The van der Waals surface area contributed by atoms with Crippen LogP contribution in [0.2, 0.25) is 0 Å². The fourth-order valence-electron chi connectivity index (χ4n) is 10.5. The van der Waals surface area contributed by atoms with E-state index in [1.807, 2.05) is 92.3 Å². The minimum absolute atomic E-state index is 0.0163. The molecule has 6 aromatic carbocycles. The van der Waals surface area contributed by atoms with Gasteiger partial charge in [-0.25, -0.2) is 0 Å². The fourth-order valence-corrected chi connectivity index (χ4v) is 10.5. The molecule has 90 heavy (non-hydrogen) atoms. The Morgan fingerprint density at radius 1 is 0.411 bits per heavy atom. The Balaban J connectivity index is 0.000000214. The van der Waals surface area contributed by atoms with Crippen molar-refractivity contribution in [1.29, 1.82) is 0 Å². The number of anilines is 4. The van der Waals surface area contributed by atoms with Crippen molar-refractivity contribution in [2.75, 3.05) is 78.5 Å². The van der Waals surface area contributed by atoms with E-state index in [0.717, 1.165) is 82.9 Å². The summed E-state index contributed by atoms with van der Waals surface area (Å²) in [6.07, 6.45) is -0.0325. The van der Waals surface area contributed by atoms with Crippen LogP contribution in [0.3, 0.4) is 0 Å². The Morgan fingerprint density at radius 2 is 0.767 bits per heavy atom. The number of phenols is 2. The monoisotopic (exact) mass is 1220 g/mol. The molecule has 0 saturated carbocycles. The standard InChI is InChI=1S/C36H34N2O8.C34H30N2O8/c1-22-19-23(36(43)38(17-15-33(41)44-3)18-16-34(42)45-4)5-12-28(22)35-29-13-8-25(37(2)24-6-9-26(39)10-7-24)20-31(29)46-32-21-27(40)11-14-30(32)35;1-20-15-21(34(41)36(18-31(39)42-3)19-32(40)43-4)5-12-26(20)33-27-13-8-23(35(2)22-6-9-24(37)10-7-22)16-29(27)44-30-17-25(38)11-14-28(30)33/h5-14,19-21,39H,15-18H2,1-4H3;5-17,37H,18-19H2,1-4H3. The van der Waals surface area contributed by atoms with E-state index in [4.69, 9.17) is 27.8 Å². The topological polar surface area (TPSA) is 253 Å². The van der Waals surface area contributed by atoms with Gasteiger partial charge in [-0.1, -0.05) is 12.1 Å². The smallest absolute Gasteiger partial charge is 0.325 e. The van der Waals surface area contributed by atoms with Crippen molar-refractivity contribution >= 4 is 80.4 Å². The highest BCUT2D eigenvalue weighted by Crippen LogP contribution is 2.45. The first-order chi connectivity index (χ1) is 43.2. The average molecular weight is 1220 g/mol. The lowest BCUT2D eigenvalue weighted by Crippen LogP contribution is -2.40. The number of phenolic OH excluding ortho intramolecular Hbond substituents is 2. The van der Waals surface area contributed by atoms with E-state index in [0.29, 0.717) is 28.2 Å². The molecule has 2 heterocycles. The second-order valence-electron chi connectivity index (χ2n) is 21.1. The summed E-state index contributed by atoms with van der Waals surface area (Å²) in [5, 5.41) is 21.0. The summed E-state index contributed by atoms with van der Waals surface area (Å²) in [7, 11) is 8.77. The first-order valence-corrected chi connectivity index (χ1v) is 28.3. The van der Waals surface area contributed by atoms with E-state index in [-0.39, 0.29) is 59.8 Å². The van der Waals surface area contributed by atoms with Gasteiger partial charge in [0, 0.05) is 118 Å². The van der Waals surface area contributed by atoms with Gasteiger partial charge in [-0.15, -0.1) is 0 Å². The molecule has 2 aliphatic carbocycles. The first kappa shape index (κ1) is 63.2. The lowest BCUT2D eigenvalue weighted by Gasteiger charge is -2.23. The van der Waals surface area contributed by atoms with Gasteiger partial charge in [0.25, 0.3) is 11.8 Å². The molecule has 0 fully saturated rings. The number of hydrogen-bond acceptors (Lipinski definition) is 18. The largest absolute Gasteiger partial charge is 0.508 e. The molecule has 0 bridgehead atoms. The minimum Gasteiger partial charge on any atom is -0.508 e. The van der Waals surface area contributed by atoms with Crippen molar-refractivity contribution in [3.63, 3.8) is 0 Å². The summed E-state index contributed by atoms with van der Waals surface area (Å²) < 4.78 is 31.4. The number of amides is 2. The third-order valence-electron chi connectivity index (χ3n) is 15.4. The Hall–Kier alpha value is -11.3. The molecule has 10 rings (SSSR count). The van der Waals surface area contributed by atoms with Crippen molar-refractivity contribution in [2.45, 2.75) is 26.7 Å². The number of fused-ring (bicyclic) bond motifs is 4. The molecule has 4 aliphatic rings. The Labute approximate surface area is 516 Å². The van der Waals surface area contributed by atoms with Gasteiger partial charge in [-0.3, -0.25) is 38.4 Å². The summed E-state index contributed by atoms with van der Waals surface area (Å²) in [6.45, 7) is 3.08. The number of hydrogen-bond donors (Lipinski definition) is 2. The van der Waals surface area contributed by atoms with Gasteiger partial charge in [0.1, 0.15) is 47.3 Å². The van der Waals surface area contributed by atoms with Crippen LogP contribution in [0, 0.1) is 13.8 Å².